The molecule has 0 aromatic heterocycles. The van der Waals surface area contributed by atoms with E-state index in [-0.39, 0.29) is 16.9 Å². The van der Waals surface area contributed by atoms with Crippen LogP contribution in [0, 0.1) is 5.92 Å². The molecule has 1 nitrogen and oxygen atoms in total. The molecule has 0 amide bonds. The van der Waals surface area contributed by atoms with E-state index in [1.54, 1.807) is 0 Å². The highest BCUT2D eigenvalue weighted by atomic mass is 35.5. The second-order valence-electron chi connectivity index (χ2n) is 5.15. The summed E-state index contributed by atoms with van der Waals surface area (Å²) >= 11 is 5.63. The molecule has 1 aliphatic rings. The van der Waals surface area contributed by atoms with Gasteiger partial charge in [0, 0.05) is 5.02 Å². The molecule has 1 unspecified atom stereocenters. The van der Waals surface area contributed by atoms with Crippen molar-refractivity contribution in [2.45, 2.75) is 44.9 Å². The summed E-state index contributed by atoms with van der Waals surface area (Å²) in [6.07, 6.45) is -0.844. The van der Waals surface area contributed by atoms with E-state index < -0.39 is 11.7 Å². The number of halogens is 4. The Labute approximate surface area is 115 Å². The van der Waals surface area contributed by atoms with Crippen LogP contribution in [-0.4, -0.2) is 6.10 Å². The summed E-state index contributed by atoms with van der Waals surface area (Å²) in [5, 5.41) is 0.0664. The quantitative estimate of drug-likeness (QED) is 0.717. The zero-order valence-corrected chi connectivity index (χ0v) is 11.4. The van der Waals surface area contributed by atoms with E-state index in [0.717, 1.165) is 31.7 Å². The summed E-state index contributed by atoms with van der Waals surface area (Å²) in [4.78, 5) is 0. The topological polar surface area (TPSA) is 9.23 Å². The van der Waals surface area contributed by atoms with E-state index in [2.05, 4.69) is 6.92 Å². The minimum atomic E-state index is -4.44. The van der Waals surface area contributed by atoms with Crippen molar-refractivity contribution in [2.24, 2.45) is 5.92 Å². The van der Waals surface area contributed by atoms with Gasteiger partial charge in [0.25, 0.3) is 0 Å². The van der Waals surface area contributed by atoms with Crippen LogP contribution in [0.3, 0.4) is 0 Å². The van der Waals surface area contributed by atoms with Crippen molar-refractivity contribution in [3.05, 3.63) is 28.8 Å². The van der Waals surface area contributed by atoms with E-state index >= 15 is 0 Å². The Hall–Kier alpha value is -0.900. The van der Waals surface area contributed by atoms with Crippen molar-refractivity contribution in [2.75, 3.05) is 0 Å². The van der Waals surface area contributed by atoms with Crippen LogP contribution in [0.15, 0.2) is 18.2 Å². The normalized spacial score (nSPS) is 24.3. The van der Waals surface area contributed by atoms with Gasteiger partial charge in [-0.3, -0.25) is 0 Å². The zero-order valence-electron chi connectivity index (χ0n) is 10.6. The Morgan fingerprint density at radius 3 is 2.63 bits per heavy atom. The fourth-order valence-electron chi connectivity index (χ4n) is 2.49. The van der Waals surface area contributed by atoms with Gasteiger partial charge in [0.05, 0.1) is 11.7 Å². The molecule has 1 aromatic carbocycles. The smallest absolute Gasteiger partial charge is 0.420 e. The fraction of sp³-hybridized carbons (Fsp3) is 0.571. The van der Waals surface area contributed by atoms with Crippen LogP contribution < -0.4 is 4.74 Å². The van der Waals surface area contributed by atoms with Crippen LogP contribution in [0.25, 0.3) is 0 Å². The highest BCUT2D eigenvalue weighted by Crippen LogP contribution is 2.39. The van der Waals surface area contributed by atoms with Gasteiger partial charge in [-0.05, 0) is 43.4 Å². The monoisotopic (exact) mass is 292 g/mol. The van der Waals surface area contributed by atoms with Crippen LogP contribution >= 0.6 is 11.6 Å². The van der Waals surface area contributed by atoms with Gasteiger partial charge in [-0.15, -0.1) is 0 Å². The van der Waals surface area contributed by atoms with Crippen molar-refractivity contribution >= 4 is 11.6 Å². The molecule has 19 heavy (non-hydrogen) atoms. The maximum Gasteiger partial charge on any atom is 0.420 e. The maximum absolute atomic E-state index is 12.9. The summed E-state index contributed by atoms with van der Waals surface area (Å²) in [7, 11) is 0. The van der Waals surface area contributed by atoms with Gasteiger partial charge in [0.1, 0.15) is 5.75 Å². The molecule has 0 heterocycles. The molecule has 106 valence electrons. The van der Waals surface area contributed by atoms with Crippen LogP contribution in [-0.2, 0) is 6.18 Å². The molecule has 1 aliphatic carbocycles. The van der Waals surface area contributed by atoms with E-state index in [0.29, 0.717) is 5.92 Å². The average Bonchev–Trinajstić information content (AvgIpc) is 2.30. The van der Waals surface area contributed by atoms with Gasteiger partial charge in [-0.2, -0.15) is 13.2 Å². The fourth-order valence-corrected chi connectivity index (χ4v) is 2.66. The minimum absolute atomic E-state index is 0.0664. The number of hydrogen-bond donors (Lipinski definition) is 0. The van der Waals surface area contributed by atoms with Crippen LogP contribution in [0.1, 0.15) is 38.2 Å². The lowest BCUT2D eigenvalue weighted by atomic mass is 9.88. The van der Waals surface area contributed by atoms with Crippen molar-refractivity contribution in [3.63, 3.8) is 0 Å². The van der Waals surface area contributed by atoms with Crippen LogP contribution in [0.2, 0.25) is 5.02 Å². The molecule has 0 spiro atoms. The number of alkyl halides is 3. The van der Waals surface area contributed by atoms with Gasteiger partial charge in [-0.1, -0.05) is 24.9 Å². The van der Waals surface area contributed by atoms with Gasteiger partial charge >= 0.3 is 6.18 Å². The molecule has 2 rings (SSSR count). The first kappa shape index (κ1) is 14.5. The average molecular weight is 293 g/mol. The maximum atomic E-state index is 12.9. The first-order valence-electron chi connectivity index (χ1n) is 6.39. The SMILES string of the molecule is C[C@@H]1CCCC(Oc2ccc(Cl)cc2C(F)(F)F)C1. The van der Waals surface area contributed by atoms with Gasteiger partial charge in [0.2, 0.25) is 0 Å². The van der Waals surface area contributed by atoms with E-state index in [1.165, 1.54) is 12.1 Å². The number of hydrogen-bond acceptors (Lipinski definition) is 1. The summed E-state index contributed by atoms with van der Waals surface area (Å²) in [5.74, 6) is 0.386. The number of ether oxygens (including phenoxy) is 1. The van der Waals surface area contributed by atoms with Gasteiger partial charge < -0.3 is 4.74 Å². The van der Waals surface area contributed by atoms with Crippen molar-refractivity contribution < 1.29 is 17.9 Å². The highest BCUT2D eigenvalue weighted by Gasteiger charge is 2.35. The summed E-state index contributed by atoms with van der Waals surface area (Å²) < 4.78 is 44.3. The Morgan fingerprint density at radius 1 is 1.26 bits per heavy atom. The predicted molar refractivity (Wildman–Crippen MR) is 68.5 cm³/mol. The van der Waals surface area contributed by atoms with Crippen molar-refractivity contribution in [3.8, 4) is 5.75 Å². The van der Waals surface area contributed by atoms with E-state index in [4.69, 9.17) is 16.3 Å². The third kappa shape index (κ3) is 3.78. The second kappa shape index (κ2) is 5.61. The Balaban J connectivity index is 2.20. The van der Waals surface area contributed by atoms with Gasteiger partial charge in [-0.25, -0.2) is 0 Å². The lowest BCUT2D eigenvalue weighted by Crippen LogP contribution is -2.25. The predicted octanol–water partition coefficient (Wildman–Crippen LogP) is 5.32. The van der Waals surface area contributed by atoms with Crippen LogP contribution in [0.5, 0.6) is 5.75 Å². The molecule has 1 fully saturated rings. The molecule has 0 radical (unpaired) electrons. The van der Waals surface area contributed by atoms with E-state index in [9.17, 15) is 13.2 Å². The molecular weight excluding hydrogens is 277 g/mol. The second-order valence-corrected chi connectivity index (χ2v) is 5.59. The van der Waals surface area contributed by atoms with Crippen LogP contribution in [0.4, 0.5) is 13.2 Å². The largest absolute Gasteiger partial charge is 0.490 e. The molecule has 1 aromatic rings. The first-order valence-corrected chi connectivity index (χ1v) is 6.77. The Bertz CT molecular complexity index is 445. The third-order valence-electron chi connectivity index (χ3n) is 3.43. The standard InChI is InChI=1S/C14H16ClF3O/c1-9-3-2-4-11(7-9)19-13-6-5-10(15)8-12(13)14(16,17)18/h5-6,8-9,11H,2-4,7H2,1H3/t9-,11?/m1/s1. The van der Waals surface area contributed by atoms with Crippen molar-refractivity contribution in [1.82, 2.24) is 0 Å². The molecule has 0 N–H and O–H groups in total. The number of rotatable bonds is 2. The molecular formula is C14H16ClF3O. The summed E-state index contributed by atoms with van der Waals surface area (Å²) in [6, 6.07) is 3.66. The molecule has 2 atom stereocenters. The molecule has 0 bridgehead atoms. The zero-order chi connectivity index (χ0) is 14.0. The number of benzene rings is 1. The summed E-state index contributed by atoms with van der Waals surface area (Å²) in [6.45, 7) is 2.10. The Kier molecular flexibility index (Phi) is 4.29. The molecule has 0 aliphatic heterocycles. The Morgan fingerprint density at radius 2 is 2.00 bits per heavy atom. The lowest BCUT2D eigenvalue weighted by Gasteiger charge is -2.28. The highest BCUT2D eigenvalue weighted by molar-refractivity contribution is 6.30. The molecule has 1 saturated carbocycles. The van der Waals surface area contributed by atoms with Crippen molar-refractivity contribution in [1.29, 1.82) is 0 Å². The molecule has 0 saturated heterocycles. The minimum Gasteiger partial charge on any atom is -0.490 e. The summed E-state index contributed by atoms with van der Waals surface area (Å²) in [5.41, 5.74) is -0.793. The molecule has 5 heteroatoms. The lowest BCUT2D eigenvalue weighted by molar-refractivity contribution is -0.139. The first-order chi connectivity index (χ1) is 8.86. The van der Waals surface area contributed by atoms with Gasteiger partial charge in [0.15, 0.2) is 0 Å². The third-order valence-corrected chi connectivity index (χ3v) is 3.66. The van der Waals surface area contributed by atoms with E-state index in [1.807, 2.05) is 0 Å².